The van der Waals surface area contributed by atoms with Crippen molar-refractivity contribution in [3.8, 4) is 0 Å². The molecular formula is C14H23NO2S2. The minimum Gasteiger partial charge on any atom is -0.311 e. The van der Waals surface area contributed by atoms with E-state index in [0.29, 0.717) is 10.1 Å². The standard InChI is InChI=1S/C14H23NO2S2/c1-11(10-15-14(2,3)4)18-12-6-8-13(9-7-12)19(5,16)17/h6-9,11,15H,10H2,1-5H3. The Balaban J connectivity index is 2.59. The van der Waals surface area contributed by atoms with Gasteiger partial charge in [0.1, 0.15) is 0 Å². The fraction of sp³-hybridized carbons (Fsp3) is 0.571. The Bertz CT molecular complexity index is 501. The van der Waals surface area contributed by atoms with Crippen molar-refractivity contribution in [2.75, 3.05) is 12.8 Å². The molecule has 0 heterocycles. The van der Waals surface area contributed by atoms with Crippen LogP contribution in [-0.4, -0.2) is 32.0 Å². The third-order valence-electron chi connectivity index (χ3n) is 2.51. The second kappa shape index (κ2) is 6.29. The van der Waals surface area contributed by atoms with E-state index in [9.17, 15) is 8.42 Å². The molecule has 1 unspecified atom stereocenters. The molecule has 0 aliphatic rings. The van der Waals surface area contributed by atoms with E-state index in [4.69, 9.17) is 0 Å². The van der Waals surface area contributed by atoms with Crippen molar-refractivity contribution in [3.05, 3.63) is 24.3 Å². The number of rotatable bonds is 5. The van der Waals surface area contributed by atoms with Crippen molar-refractivity contribution >= 4 is 21.6 Å². The van der Waals surface area contributed by atoms with E-state index in [-0.39, 0.29) is 5.54 Å². The first-order chi connectivity index (χ1) is 8.58. The molecule has 1 aromatic carbocycles. The maximum Gasteiger partial charge on any atom is 0.175 e. The molecule has 0 spiro atoms. The van der Waals surface area contributed by atoms with Gasteiger partial charge in [0, 0.05) is 28.5 Å². The van der Waals surface area contributed by atoms with E-state index in [1.807, 2.05) is 12.1 Å². The molecule has 0 bridgehead atoms. The lowest BCUT2D eigenvalue weighted by atomic mass is 10.1. The Hall–Kier alpha value is -0.520. The largest absolute Gasteiger partial charge is 0.311 e. The first-order valence-corrected chi connectivity index (χ1v) is 9.07. The van der Waals surface area contributed by atoms with Gasteiger partial charge in [-0.2, -0.15) is 0 Å². The lowest BCUT2D eigenvalue weighted by molar-refractivity contribution is 0.429. The molecule has 0 amide bonds. The second-order valence-electron chi connectivity index (χ2n) is 5.80. The van der Waals surface area contributed by atoms with E-state index in [0.717, 1.165) is 11.4 Å². The Morgan fingerprint density at radius 1 is 1.21 bits per heavy atom. The van der Waals surface area contributed by atoms with Crippen LogP contribution in [0.3, 0.4) is 0 Å². The molecule has 0 saturated heterocycles. The Labute approximate surface area is 121 Å². The molecular weight excluding hydrogens is 278 g/mol. The summed E-state index contributed by atoms with van der Waals surface area (Å²) in [7, 11) is -3.10. The molecule has 3 nitrogen and oxygen atoms in total. The highest BCUT2D eigenvalue weighted by Crippen LogP contribution is 2.24. The molecule has 1 atom stereocenters. The highest BCUT2D eigenvalue weighted by Gasteiger charge is 2.12. The SMILES string of the molecule is CC(CNC(C)(C)C)Sc1ccc(S(C)(=O)=O)cc1. The number of hydrogen-bond acceptors (Lipinski definition) is 4. The summed E-state index contributed by atoms with van der Waals surface area (Å²) < 4.78 is 22.7. The number of benzene rings is 1. The number of sulfone groups is 1. The number of nitrogens with one attached hydrogen (secondary N) is 1. The maximum absolute atomic E-state index is 11.4. The molecule has 108 valence electrons. The van der Waals surface area contributed by atoms with Crippen LogP contribution < -0.4 is 5.32 Å². The van der Waals surface area contributed by atoms with Crippen LogP contribution in [0.4, 0.5) is 0 Å². The molecule has 0 fully saturated rings. The minimum atomic E-state index is -3.10. The lowest BCUT2D eigenvalue weighted by Gasteiger charge is -2.23. The van der Waals surface area contributed by atoms with Gasteiger partial charge in [0.25, 0.3) is 0 Å². The normalized spacial score (nSPS) is 14.4. The monoisotopic (exact) mass is 301 g/mol. The summed E-state index contributed by atoms with van der Waals surface area (Å²) in [6.07, 6.45) is 1.23. The maximum atomic E-state index is 11.4. The van der Waals surface area contributed by atoms with E-state index in [1.165, 1.54) is 6.26 Å². The first-order valence-electron chi connectivity index (χ1n) is 6.30. The second-order valence-corrected chi connectivity index (χ2v) is 9.33. The third-order valence-corrected chi connectivity index (χ3v) is 4.75. The molecule has 1 rings (SSSR count). The zero-order valence-electron chi connectivity index (χ0n) is 12.2. The average molecular weight is 301 g/mol. The van der Waals surface area contributed by atoms with Crippen LogP contribution in [0.15, 0.2) is 34.1 Å². The molecule has 19 heavy (non-hydrogen) atoms. The predicted molar refractivity (Wildman–Crippen MR) is 82.6 cm³/mol. The predicted octanol–water partition coefficient (Wildman–Crippen LogP) is 2.96. The third kappa shape index (κ3) is 6.45. The summed E-state index contributed by atoms with van der Waals surface area (Å²) in [4.78, 5) is 1.47. The van der Waals surface area contributed by atoms with Gasteiger partial charge >= 0.3 is 0 Å². The summed E-state index contributed by atoms with van der Waals surface area (Å²) in [5.74, 6) is 0. The van der Waals surface area contributed by atoms with E-state index in [2.05, 4.69) is 33.0 Å². The van der Waals surface area contributed by atoms with Crippen molar-refractivity contribution in [2.24, 2.45) is 0 Å². The smallest absolute Gasteiger partial charge is 0.175 e. The molecule has 5 heteroatoms. The summed E-state index contributed by atoms with van der Waals surface area (Å²) >= 11 is 1.75. The van der Waals surface area contributed by atoms with Crippen molar-refractivity contribution in [1.82, 2.24) is 5.32 Å². The van der Waals surface area contributed by atoms with Crippen molar-refractivity contribution in [3.63, 3.8) is 0 Å². The zero-order valence-corrected chi connectivity index (χ0v) is 13.9. The summed E-state index contributed by atoms with van der Waals surface area (Å²) in [5, 5.41) is 3.89. The molecule has 0 aromatic heterocycles. The summed E-state index contributed by atoms with van der Waals surface area (Å²) in [6, 6.07) is 7.08. The highest BCUT2D eigenvalue weighted by molar-refractivity contribution is 8.00. The van der Waals surface area contributed by atoms with Crippen LogP contribution in [0.25, 0.3) is 0 Å². The molecule has 1 N–H and O–H groups in total. The van der Waals surface area contributed by atoms with Gasteiger partial charge in [-0.3, -0.25) is 0 Å². The van der Waals surface area contributed by atoms with E-state index < -0.39 is 9.84 Å². The zero-order chi connectivity index (χ0) is 14.7. The van der Waals surface area contributed by atoms with Gasteiger partial charge in [-0.15, -0.1) is 11.8 Å². The van der Waals surface area contributed by atoms with Gasteiger partial charge in [0.15, 0.2) is 9.84 Å². The van der Waals surface area contributed by atoms with Crippen molar-refractivity contribution < 1.29 is 8.42 Å². The number of thioether (sulfide) groups is 1. The van der Waals surface area contributed by atoms with Gasteiger partial charge < -0.3 is 5.32 Å². The first kappa shape index (κ1) is 16.5. The van der Waals surface area contributed by atoms with Gasteiger partial charge in [0.05, 0.1) is 4.90 Å². The van der Waals surface area contributed by atoms with Crippen LogP contribution >= 0.6 is 11.8 Å². The van der Waals surface area contributed by atoms with Crippen molar-refractivity contribution in [1.29, 1.82) is 0 Å². The van der Waals surface area contributed by atoms with Crippen LogP contribution in [0.5, 0.6) is 0 Å². The van der Waals surface area contributed by atoms with Gasteiger partial charge in [-0.05, 0) is 45.0 Å². The molecule has 0 radical (unpaired) electrons. The fourth-order valence-electron chi connectivity index (χ4n) is 1.49. The van der Waals surface area contributed by atoms with Gasteiger partial charge in [-0.25, -0.2) is 8.42 Å². The molecule has 0 saturated carbocycles. The molecule has 0 aliphatic heterocycles. The van der Waals surface area contributed by atoms with Gasteiger partial charge in [-0.1, -0.05) is 6.92 Å². The fourth-order valence-corrected chi connectivity index (χ4v) is 3.04. The summed E-state index contributed by atoms with van der Waals surface area (Å²) in [6.45, 7) is 9.51. The topological polar surface area (TPSA) is 46.2 Å². The molecule has 0 aliphatic carbocycles. The minimum absolute atomic E-state index is 0.120. The van der Waals surface area contributed by atoms with E-state index in [1.54, 1.807) is 23.9 Å². The Morgan fingerprint density at radius 2 is 1.74 bits per heavy atom. The highest BCUT2D eigenvalue weighted by atomic mass is 32.2. The Morgan fingerprint density at radius 3 is 2.16 bits per heavy atom. The van der Waals surface area contributed by atoms with Crippen molar-refractivity contribution in [2.45, 2.75) is 48.3 Å². The van der Waals surface area contributed by atoms with Gasteiger partial charge in [0.2, 0.25) is 0 Å². The average Bonchev–Trinajstić information content (AvgIpc) is 2.25. The van der Waals surface area contributed by atoms with Crippen LogP contribution in [0, 0.1) is 0 Å². The van der Waals surface area contributed by atoms with Crippen LogP contribution in [0.1, 0.15) is 27.7 Å². The van der Waals surface area contributed by atoms with Crippen LogP contribution in [0.2, 0.25) is 0 Å². The van der Waals surface area contributed by atoms with Crippen LogP contribution in [-0.2, 0) is 9.84 Å². The summed E-state index contributed by atoms with van der Waals surface area (Å²) in [5.41, 5.74) is 0.120. The van der Waals surface area contributed by atoms with E-state index >= 15 is 0 Å². The lowest BCUT2D eigenvalue weighted by Crippen LogP contribution is -2.39. The molecule has 1 aromatic rings. The quantitative estimate of drug-likeness (QED) is 0.849. The number of hydrogen-bond donors (Lipinski definition) is 1. The Kier molecular flexibility index (Phi) is 5.47.